The van der Waals surface area contributed by atoms with E-state index in [4.69, 9.17) is 23.3 Å². The number of allylic oxidation sites excluding steroid dienone is 6. The van der Waals surface area contributed by atoms with Crippen molar-refractivity contribution in [1.29, 1.82) is 0 Å². The van der Waals surface area contributed by atoms with Gasteiger partial charge in [0.05, 0.1) is 19.8 Å². The van der Waals surface area contributed by atoms with Gasteiger partial charge in [0.25, 0.3) is 0 Å². The highest BCUT2D eigenvalue weighted by Crippen LogP contribution is 2.43. The van der Waals surface area contributed by atoms with Gasteiger partial charge in [0.2, 0.25) is 0 Å². The van der Waals surface area contributed by atoms with Crippen LogP contribution in [0.25, 0.3) is 0 Å². The predicted octanol–water partition coefficient (Wildman–Crippen LogP) is 17.6. The number of carbonyl (C=O) groups is 3. The molecule has 3 atom stereocenters. The number of phosphoric acid groups is 1. The number of aliphatic hydroxyl groups excluding tert-OH is 1. The summed E-state index contributed by atoms with van der Waals surface area (Å²) in [5.41, 5.74) is 0. The van der Waals surface area contributed by atoms with Gasteiger partial charge in [-0.2, -0.15) is 0 Å². The first-order valence-electron chi connectivity index (χ1n) is 29.9. The molecule has 0 aliphatic carbocycles. The Bertz CT molecular complexity index is 1350. The fourth-order valence-corrected chi connectivity index (χ4v) is 9.23. The molecule has 422 valence electrons. The Morgan fingerprint density at radius 2 is 0.681 bits per heavy atom. The summed E-state index contributed by atoms with van der Waals surface area (Å²) in [6.07, 6.45) is 56.6. The van der Waals surface area contributed by atoms with Crippen molar-refractivity contribution in [3.63, 3.8) is 0 Å². The van der Waals surface area contributed by atoms with Crippen LogP contribution in [0.1, 0.15) is 290 Å². The Balaban J connectivity index is 4.71. The minimum absolute atomic E-state index is 0.154. The number of carbonyl (C=O) groups excluding carboxylic acids is 3. The Morgan fingerprint density at radius 3 is 1.07 bits per heavy atom. The van der Waals surface area contributed by atoms with E-state index in [0.717, 1.165) is 89.9 Å². The average molecular weight is 1040 g/mol. The summed E-state index contributed by atoms with van der Waals surface area (Å²) in [6, 6.07) is 0. The second kappa shape index (κ2) is 54.9. The number of aliphatic hydroxyl groups is 1. The zero-order valence-electron chi connectivity index (χ0n) is 46.7. The van der Waals surface area contributed by atoms with Crippen LogP contribution >= 0.6 is 7.82 Å². The fraction of sp³-hybridized carbons (Fsp3) is 0.850. The van der Waals surface area contributed by atoms with Crippen molar-refractivity contribution < 1.29 is 52.2 Å². The Kier molecular flexibility index (Phi) is 53.2. The molecule has 11 nitrogen and oxygen atoms in total. The number of unbranched alkanes of at least 4 members (excludes halogenated alkanes) is 33. The molecule has 0 rings (SSSR count). The van der Waals surface area contributed by atoms with Crippen molar-refractivity contribution in [3.8, 4) is 0 Å². The van der Waals surface area contributed by atoms with Crippen molar-refractivity contribution >= 4 is 25.7 Å². The molecule has 72 heavy (non-hydrogen) atoms. The first-order valence-corrected chi connectivity index (χ1v) is 31.4. The van der Waals surface area contributed by atoms with Gasteiger partial charge in [-0.1, -0.05) is 231 Å². The maximum Gasteiger partial charge on any atom is 0.472 e. The van der Waals surface area contributed by atoms with Crippen LogP contribution in [0.2, 0.25) is 0 Å². The highest BCUT2D eigenvalue weighted by Gasteiger charge is 2.28. The summed E-state index contributed by atoms with van der Waals surface area (Å²) in [5.74, 6) is -1.47. The number of esters is 3. The smallest absolute Gasteiger partial charge is 0.462 e. The minimum Gasteiger partial charge on any atom is -0.462 e. The molecule has 0 aliphatic rings. The molecule has 0 heterocycles. The van der Waals surface area contributed by atoms with Gasteiger partial charge >= 0.3 is 25.7 Å². The molecule has 0 saturated heterocycles. The Labute approximate surface area is 441 Å². The van der Waals surface area contributed by atoms with E-state index in [1.165, 1.54) is 141 Å². The van der Waals surface area contributed by atoms with Crippen molar-refractivity contribution in [3.05, 3.63) is 36.5 Å². The van der Waals surface area contributed by atoms with Gasteiger partial charge in [0.15, 0.2) is 6.10 Å². The monoisotopic (exact) mass is 1040 g/mol. The van der Waals surface area contributed by atoms with Gasteiger partial charge < -0.3 is 24.2 Å². The molecule has 0 aliphatic heterocycles. The molecule has 0 saturated carbocycles. The Morgan fingerprint density at radius 1 is 0.389 bits per heavy atom. The van der Waals surface area contributed by atoms with E-state index < -0.39 is 57.8 Å². The standard InChI is InChI=1S/C60H111O11P/c1-4-7-10-13-16-19-22-25-27-28-30-32-34-37-40-43-46-49-58(62)67-53-57(71-60(64)51-48-45-42-39-36-33-29-26-23-20-17-14-11-8-5-2)55-69-72(65,66)68-54-56(52-61)70-59(63)50-47-44-41-38-35-31-24-21-18-15-12-9-6-3/h17,20,25-27,29,56-57,61H,4-16,18-19,21-24,28,30-55H2,1-3H3,(H,65,66)/b20-17-,27-25-,29-26-. The molecule has 3 unspecified atom stereocenters. The van der Waals surface area contributed by atoms with Gasteiger partial charge in [0.1, 0.15) is 12.7 Å². The molecule has 12 heteroatoms. The normalized spacial score (nSPS) is 13.6. The van der Waals surface area contributed by atoms with E-state index in [1.54, 1.807) is 0 Å². The highest BCUT2D eigenvalue weighted by atomic mass is 31.2. The number of rotatable bonds is 56. The van der Waals surface area contributed by atoms with E-state index in [9.17, 15) is 28.9 Å². The van der Waals surface area contributed by atoms with Gasteiger partial charge in [-0.25, -0.2) is 4.57 Å². The van der Waals surface area contributed by atoms with E-state index in [1.807, 2.05) is 0 Å². The second-order valence-electron chi connectivity index (χ2n) is 20.2. The lowest BCUT2D eigenvalue weighted by Crippen LogP contribution is -2.30. The van der Waals surface area contributed by atoms with Crippen LogP contribution in [0, 0.1) is 0 Å². The van der Waals surface area contributed by atoms with Gasteiger partial charge in [-0.15, -0.1) is 0 Å². The van der Waals surface area contributed by atoms with E-state index >= 15 is 0 Å². The molecule has 0 aromatic rings. The average Bonchev–Trinajstić information content (AvgIpc) is 3.37. The Hall–Kier alpha value is -2.30. The summed E-state index contributed by atoms with van der Waals surface area (Å²) in [5, 5.41) is 9.81. The number of hydrogen-bond acceptors (Lipinski definition) is 10. The van der Waals surface area contributed by atoms with Gasteiger partial charge in [-0.05, 0) is 77.0 Å². The van der Waals surface area contributed by atoms with E-state index in [2.05, 4.69) is 57.2 Å². The lowest BCUT2D eigenvalue weighted by atomic mass is 10.0. The maximum absolute atomic E-state index is 12.9. The summed E-state index contributed by atoms with van der Waals surface area (Å²) in [6.45, 7) is 4.63. The maximum atomic E-state index is 12.9. The highest BCUT2D eigenvalue weighted by molar-refractivity contribution is 7.47. The van der Waals surface area contributed by atoms with Gasteiger partial charge in [0, 0.05) is 19.3 Å². The third-order valence-electron chi connectivity index (χ3n) is 13.0. The van der Waals surface area contributed by atoms with Crippen molar-refractivity contribution in [2.75, 3.05) is 26.4 Å². The van der Waals surface area contributed by atoms with Crippen LogP contribution in [0.3, 0.4) is 0 Å². The zero-order valence-corrected chi connectivity index (χ0v) is 47.6. The molecule has 0 spiro atoms. The molecule has 0 aromatic carbocycles. The first-order chi connectivity index (χ1) is 35.2. The van der Waals surface area contributed by atoms with Crippen molar-refractivity contribution in [2.24, 2.45) is 0 Å². The largest absolute Gasteiger partial charge is 0.472 e. The second-order valence-corrected chi connectivity index (χ2v) is 21.6. The quantitative estimate of drug-likeness (QED) is 0.0197. The SMILES string of the molecule is CCCCC/C=C\C/C=C\CCCCCCCC(=O)OC(COC(=O)CCCCCCCCC/C=C\CCCCCCCC)COP(=O)(O)OCC(CO)OC(=O)CCCCCCCCCCCCCCC. The molecule has 0 fully saturated rings. The predicted molar refractivity (Wildman–Crippen MR) is 298 cm³/mol. The molecule has 0 radical (unpaired) electrons. The van der Waals surface area contributed by atoms with Crippen molar-refractivity contribution in [2.45, 2.75) is 303 Å². The number of phosphoric ester groups is 1. The lowest BCUT2D eigenvalue weighted by Gasteiger charge is -2.21. The van der Waals surface area contributed by atoms with Crippen LogP contribution in [-0.2, 0) is 42.2 Å². The molecule has 0 bridgehead atoms. The zero-order chi connectivity index (χ0) is 52.7. The third kappa shape index (κ3) is 52.6. The van der Waals surface area contributed by atoms with Crippen LogP contribution in [-0.4, -0.2) is 66.5 Å². The van der Waals surface area contributed by atoms with E-state index in [-0.39, 0.29) is 25.9 Å². The van der Waals surface area contributed by atoms with Crippen LogP contribution in [0.15, 0.2) is 36.5 Å². The lowest BCUT2D eigenvalue weighted by molar-refractivity contribution is -0.161. The number of hydrogen-bond donors (Lipinski definition) is 2. The van der Waals surface area contributed by atoms with Crippen molar-refractivity contribution in [1.82, 2.24) is 0 Å². The minimum atomic E-state index is -4.75. The molecular formula is C60H111O11P. The van der Waals surface area contributed by atoms with Crippen LogP contribution < -0.4 is 0 Å². The summed E-state index contributed by atoms with van der Waals surface area (Å²) in [7, 11) is -4.75. The third-order valence-corrected chi connectivity index (χ3v) is 14.0. The molecular weight excluding hydrogens is 928 g/mol. The van der Waals surface area contributed by atoms with Crippen LogP contribution in [0.5, 0.6) is 0 Å². The van der Waals surface area contributed by atoms with E-state index in [0.29, 0.717) is 19.3 Å². The first kappa shape index (κ1) is 69.7. The summed E-state index contributed by atoms with van der Waals surface area (Å²) in [4.78, 5) is 48.5. The molecule has 2 N–H and O–H groups in total. The summed E-state index contributed by atoms with van der Waals surface area (Å²) < 4.78 is 39.5. The topological polar surface area (TPSA) is 155 Å². The number of ether oxygens (including phenoxy) is 3. The fourth-order valence-electron chi connectivity index (χ4n) is 8.44. The van der Waals surface area contributed by atoms with Crippen LogP contribution in [0.4, 0.5) is 0 Å². The molecule has 0 amide bonds. The van der Waals surface area contributed by atoms with Gasteiger partial charge in [-0.3, -0.25) is 23.4 Å². The molecule has 0 aromatic heterocycles. The summed E-state index contributed by atoms with van der Waals surface area (Å²) >= 11 is 0.